The Kier molecular flexibility index (Phi) is 8.30. The van der Waals surface area contributed by atoms with Crippen LogP contribution in [0, 0.1) is 0 Å². The third-order valence-corrected chi connectivity index (χ3v) is 5.10. The molecular weight excluding hydrogens is 352 g/mol. The van der Waals surface area contributed by atoms with Crippen LogP contribution in [0.25, 0.3) is 0 Å². The Morgan fingerprint density at radius 3 is 2.39 bits per heavy atom. The summed E-state index contributed by atoms with van der Waals surface area (Å²) in [4.78, 5) is 22.4. The topological polar surface area (TPSA) is 71.2 Å². The summed E-state index contributed by atoms with van der Waals surface area (Å²) in [6.07, 6.45) is 3.19. The van der Waals surface area contributed by atoms with Crippen LogP contribution in [0.2, 0.25) is 0 Å². The molecule has 0 radical (unpaired) electrons. The molecule has 1 fully saturated rings. The van der Waals surface area contributed by atoms with Gasteiger partial charge in [0.25, 0.3) is 5.91 Å². The number of rotatable bonds is 8. The zero-order chi connectivity index (χ0) is 20.7. The van der Waals surface area contributed by atoms with Crippen molar-refractivity contribution in [2.45, 2.75) is 78.6 Å². The number of hydrogen-bond acceptors (Lipinski definition) is 4. The number of nitrogens with two attached hydrogens (primary N) is 1. The number of carbonyl (C=O) groups is 1. The van der Waals surface area contributed by atoms with Crippen LogP contribution in [-0.4, -0.2) is 52.8 Å². The number of benzene rings is 1. The summed E-state index contributed by atoms with van der Waals surface area (Å²) in [5, 5.41) is 4.04. The third kappa shape index (κ3) is 6.23. The Balaban J connectivity index is 2.00. The largest absolute Gasteiger partial charge is 0.381 e. The van der Waals surface area contributed by atoms with Gasteiger partial charge in [-0.2, -0.15) is 0 Å². The molecule has 1 saturated heterocycles. The van der Waals surface area contributed by atoms with Crippen molar-refractivity contribution in [3.8, 4) is 0 Å². The molecule has 6 nitrogen and oxygen atoms in total. The molecule has 1 atom stereocenters. The van der Waals surface area contributed by atoms with Gasteiger partial charge in [0.2, 0.25) is 6.10 Å². The van der Waals surface area contributed by atoms with Crippen LogP contribution in [0.3, 0.4) is 0 Å². The fraction of sp³-hybridized carbons (Fsp3) is 0.636. The van der Waals surface area contributed by atoms with Gasteiger partial charge in [-0.25, -0.2) is 0 Å². The first kappa shape index (κ1) is 22.2. The first-order valence-electron chi connectivity index (χ1n) is 10.4. The van der Waals surface area contributed by atoms with E-state index in [-0.39, 0.29) is 18.0 Å². The number of nitrogens with zero attached hydrogens (tertiary/aromatic N) is 3. The predicted octanol–water partition coefficient (Wildman–Crippen LogP) is 3.34. The van der Waals surface area contributed by atoms with Crippen molar-refractivity contribution in [1.29, 1.82) is 0 Å². The minimum absolute atomic E-state index is 0.0830. The average Bonchev–Trinajstić information content (AvgIpc) is 2.66. The van der Waals surface area contributed by atoms with Gasteiger partial charge in [0.1, 0.15) is 0 Å². The third-order valence-electron chi connectivity index (χ3n) is 5.10. The molecule has 28 heavy (non-hydrogen) atoms. The lowest BCUT2D eigenvalue weighted by Crippen LogP contribution is -2.46. The lowest BCUT2D eigenvalue weighted by Gasteiger charge is -2.32. The molecule has 6 heteroatoms. The van der Waals surface area contributed by atoms with E-state index in [1.54, 1.807) is 11.8 Å². The highest BCUT2D eigenvalue weighted by molar-refractivity contribution is 5.97. The Morgan fingerprint density at radius 2 is 1.79 bits per heavy atom. The van der Waals surface area contributed by atoms with Crippen molar-refractivity contribution in [2.24, 2.45) is 10.9 Å². The van der Waals surface area contributed by atoms with Crippen LogP contribution in [-0.2, 0) is 16.2 Å². The maximum absolute atomic E-state index is 12.6. The molecule has 0 aromatic heterocycles. The van der Waals surface area contributed by atoms with Crippen molar-refractivity contribution in [3.63, 3.8) is 0 Å². The van der Waals surface area contributed by atoms with E-state index in [1.165, 1.54) is 24.8 Å². The monoisotopic (exact) mass is 388 g/mol. The van der Waals surface area contributed by atoms with Gasteiger partial charge in [-0.15, -0.1) is 0 Å². The molecule has 0 bridgehead atoms. The van der Waals surface area contributed by atoms with Crippen LogP contribution in [0.5, 0.6) is 0 Å². The van der Waals surface area contributed by atoms with E-state index in [4.69, 9.17) is 10.6 Å². The zero-order valence-electron chi connectivity index (χ0n) is 18.0. The van der Waals surface area contributed by atoms with E-state index in [1.807, 2.05) is 39.8 Å². The number of hydrogen-bond donors (Lipinski definition) is 1. The molecule has 1 aromatic rings. The van der Waals surface area contributed by atoms with Crippen molar-refractivity contribution in [2.75, 3.05) is 13.1 Å². The van der Waals surface area contributed by atoms with E-state index in [9.17, 15) is 4.79 Å². The molecule has 0 spiro atoms. The first-order valence-corrected chi connectivity index (χ1v) is 10.4. The molecule has 0 saturated carbocycles. The SMILES string of the molecule is CC(O/N=C(/N)c1cccc(CN2CCCCC2)c1)C(=O)N(C(C)C)C(C)C. The predicted molar refractivity (Wildman–Crippen MR) is 114 cm³/mol. The van der Waals surface area contributed by atoms with E-state index in [0.29, 0.717) is 5.84 Å². The molecule has 2 rings (SSSR count). The Hall–Kier alpha value is -2.08. The standard InChI is InChI=1S/C22H36N4O2/c1-16(2)26(17(3)4)22(27)18(5)28-24-21(23)20-11-9-10-19(14-20)15-25-12-7-6-8-13-25/h9-11,14,16-18H,6-8,12-13,15H2,1-5H3,(H2,23,24). The average molecular weight is 389 g/mol. The van der Waals surface area contributed by atoms with Crippen molar-refractivity contribution in [3.05, 3.63) is 35.4 Å². The molecule has 1 heterocycles. The number of carbonyl (C=O) groups excluding carboxylic acids is 1. The molecule has 1 aliphatic rings. The van der Waals surface area contributed by atoms with E-state index < -0.39 is 6.10 Å². The normalized spacial score (nSPS) is 17.0. The van der Waals surface area contributed by atoms with Crippen LogP contribution >= 0.6 is 0 Å². The Morgan fingerprint density at radius 1 is 1.14 bits per heavy atom. The summed E-state index contributed by atoms with van der Waals surface area (Å²) < 4.78 is 0. The van der Waals surface area contributed by atoms with Crippen LogP contribution in [0.4, 0.5) is 0 Å². The fourth-order valence-corrected chi connectivity index (χ4v) is 3.75. The molecule has 1 aromatic carbocycles. The number of piperidine rings is 1. The second-order valence-electron chi connectivity index (χ2n) is 8.19. The number of oxime groups is 1. The summed E-state index contributed by atoms with van der Waals surface area (Å²) in [5.74, 6) is 0.209. The quantitative estimate of drug-likeness (QED) is 0.421. The first-order chi connectivity index (χ1) is 13.3. The van der Waals surface area contributed by atoms with Crippen molar-refractivity contribution >= 4 is 11.7 Å². The lowest BCUT2D eigenvalue weighted by atomic mass is 10.1. The molecule has 1 amide bonds. The van der Waals surface area contributed by atoms with Crippen molar-refractivity contribution in [1.82, 2.24) is 9.80 Å². The van der Waals surface area contributed by atoms with Gasteiger partial charge >= 0.3 is 0 Å². The molecular formula is C22H36N4O2. The lowest BCUT2D eigenvalue weighted by molar-refractivity contribution is -0.146. The second-order valence-corrected chi connectivity index (χ2v) is 8.19. The molecule has 0 aliphatic carbocycles. The minimum atomic E-state index is -0.681. The molecule has 1 unspecified atom stereocenters. The van der Waals surface area contributed by atoms with Crippen LogP contribution < -0.4 is 5.73 Å². The Labute approximate surface area is 169 Å². The van der Waals surface area contributed by atoms with Crippen LogP contribution in [0.15, 0.2) is 29.4 Å². The highest BCUT2D eigenvalue weighted by Gasteiger charge is 2.26. The number of likely N-dealkylation sites (tertiary alicyclic amines) is 1. The summed E-state index contributed by atoms with van der Waals surface area (Å²) in [6, 6.07) is 8.28. The molecule has 2 N–H and O–H groups in total. The fourth-order valence-electron chi connectivity index (χ4n) is 3.75. The van der Waals surface area contributed by atoms with Gasteiger partial charge in [0.15, 0.2) is 5.84 Å². The van der Waals surface area contributed by atoms with Crippen molar-refractivity contribution < 1.29 is 9.63 Å². The highest BCUT2D eigenvalue weighted by atomic mass is 16.6. The summed E-state index contributed by atoms with van der Waals surface area (Å²) in [7, 11) is 0. The summed E-state index contributed by atoms with van der Waals surface area (Å²) >= 11 is 0. The van der Waals surface area contributed by atoms with Gasteiger partial charge in [0.05, 0.1) is 0 Å². The highest BCUT2D eigenvalue weighted by Crippen LogP contribution is 2.15. The van der Waals surface area contributed by atoms with E-state index >= 15 is 0 Å². The second kappa shape index (κ2) is 10.5. The number of amides is 1. The van der Waals surface area contributed by atoms with Gasteiger partial charge in [-0.05, 0) is 72.2 Å². The zero-order valence-corrected chi connectivity index (χ0v) is 18.0. The number of amidine groups is 1. The summed E-state index contributed by atoms with van der Waals surface area (Å²) in [6.45, 7) is 12.9. The Bertz CT molecular complexity index is 658. The van der Waals surface area contributed by atoms with Crippen LogP contribution in [0.1, 0.15) is 65.0 Å². The minimum Gasteiger partial charge on any atom is -0.381 e. The summed E-state index contributed by atoms with van der Waals surface area (Å²) in [5.41, 5.74) is 8.16. The molecule has 156 valence electrons. The smallest absolute Gasteiger partial charge is 0.266 e. The van der Waals surface area contributed by atoms with E-state index in [0.717, 1.165) is 25.2 Å². The van der Waals surface area contributed by atoms with Gasteiger partial charge in [-0.1, -0.05) is 29.8 Å². The maximum Gasteiger partial charge on any atom is 0.266 e. The van der Waals surface area contributed by atoms with Gasteiger partial charge < -0.3 is 15.5 Å². The molecule has 1 aliphatic heterocycles. The maximum atomic E-state index is 12.6. The van der Waals surface area contributed by atoms with Gasteiger partial charge in [0, 0.05) is 24.2 Å². The van der Waals surface area contributed by atoms with E-state index in [2.05, 4.69) is 22.2 Å². The van der Waals surface area contributed by atoms with Gasteiger partial charge in [-0.3, -0.25) is 9.69 Å².